The van der Waals surface area contributed by atoms with Crippen LogP contribution in [0.3, 0.4) is 0 Å². The van der Waals surface area contributed by atoms with E-state index < -0.39 is 5.91 Å². The van der Waals surface area contributed by atoms with Crippen molar-refractivity contribution in [3.05, 3.63) is 35.2 Å². The summed E-state index contributed by atoms with van der Waals surface area (Å²) < 4.78 is 5.99. The molecule has 0 bridgehead atoms. The van der Waals surface area contributed by atoms with Gasteiger partial charge in [-0.1, -0.05) is 19.1 Å². The third kappa shape index (κ3) is 5.18. The van der Waals surface area contributed by atoms with Crippen molar-refractivity contribution in [1.82, 2.24) is 35.6 Å². The van der Waals surface area contributed by atoms with E-state index in [1.807, 2.05) is 0 Å². The summed E-state index contributed by atoms with van der Waals surface area (Å²) in [6.07, 6.45) is 3.10. The molecule has 0 unspecified atom stereocenters. The highest BCUT2D eigenvalue weighted by Crippen LogP contribution is 2.21. The first-order valence-corrected chi connectivity index (χ1v) is 10.0. The van der Waals surface area contributed by atoms with E-state index in [0.29, 0.717) is 17.8 Å². The van der Waals surface area contributed by atoms with Gasteiger partial charge in [0.05, 0.1) is 11.9 Å². The van der Waals surface area contributed by atoms with Gasteiger partial charge in [-0.05, 0) is 48.4 Å². The van der Waals surface area contributed by atoms with Crippen molar-refractivity contribution in [3.63, 3.8) is 0 Å². The van der Waals surface area contributed by atoms with E-state index in [1.54, 1.807) is 0 Å². The van der Waals surface area contributed by atoms with Crippen LogP contribution in [0.5, 0.6) is 11.5 Å². The molecule has 5 N–H and O–H groups in total. The van der Waals surface area contributed by atoms with Gasteiger partial charge in [0.25, 0.3) is 5.91 Å². The van der Waals surface area contributed by atoms with Crippen LogP contribution in [0.4, 0.5) is 5.82 Å². The van der Waals surface area contributed by atoms with Crippen molar-refractivity contribution >= 4 is 17.9 Å². The van der Waals surface area contributed by atoms with E-state index in [-0.39, 0.29) is 28.8 Å². The highest BCUT2D eigenvalue weighted by Gasteiger charge is 2.25. The highest BCUT2D eigenvalue weighted by atomic mass is 16.6. The average molecular weight is 443 g/mol. The molecule has 13 heteroatoms. The Morgan fingerprint density at radius 3 is 2.66 bits per heavy atom. The number of phenols is 2. The van der Waals surface area contributed by atoms with Gasteiger partial charge in [-0.3, -0.25) is 9.69 Å². The minimum Gasteiger partial charge on any atom is -0.508 e. The smallest absolute Gasteiger partial charge is 0.293 e. The molecule has 1 aromatic carbocycles. The molecule has 0 spiro atoms. The number of carbonyl (C=O) groups excluding carboxylic acids is 1. The first-order chi connectivity index (χ1) is 15.4. The fraction of sp³-hybridized carbons (Fsp3) is 0.368. The van der Waals surface area contributed by atoms with E-state index in [2.05, 4.69) is 54.5 Å². The molecule has 2 aromatic heterocycles. The molecule has 170 valence electrons. The van der Waals surface area contributed by atoms with E-state index in [1.165, 1.54) is 29.1 Å². The highest BCUT2D eigenvalue weighted by molar-refractivity contribution is 5.94. The largest absolute Gasteiger partial charge is 0.508 e. The molecule has 0 radical (unpaired) electrons. The van der Waals surface area contributed by atoms with Crippen LogP contribution in [0.15, 0.2) is 27.9 Å². The number of rotatable bonds is 10. The van der Waals surface area contributed by atoms with E-state index >= 15 is 0 Å². The third-order valence-corrected chi connectivity index (χ3v) is 4.51. The number of aromatic hydroxyl groups is 2. The Hall–Kier alpha value is -4.00. The number of aromatic nitrogens is 5. The van der Waals surface area contributed by atoms with Crippen LogP contribution < -0.4 is 11.2 Å². The van der Waals surface area contributed by atoms with Gasteiger partial charge in [0, 0.05) is 18.2 Å². The number of benzene rings is 1. The van der Waals surface area contributed by atoms with Gasteiger partial charge >= 0.3 is 0 Å². The minimum atomic E-state index is -0.608. The van der Waals surface area contributed by atoms with Crippen LogP contribution in [0.1, 0.15) is 48.4 Å². The lowest BCUT2D eigenvalue weighted by molar-refractivity contribution is 0.0947. The van der Waals surface area contributed by atoms with Gasteiger partial charge < -0.3 is 15.9 Å². The Balaban J connectivity index is 1.87. The summed E-state index contributed by atoms with van der Waals surface area (Å²) in [6.45, 7) is 6.12. The zero-order valence-electron chi connectivity index (χ0n) is 17.8. The Kier molecular flexibility index (Phi) is 7.33. The Bertz CT molecular complexity index is 1090. The zero-order valence-corrected chi connectivity index (χ0v) is 17.8. The monoisotopic (exact) mass is 443 g/mol. The predicted molar refractivity (Wildman–Crippen MR) is 114 cm³/mol. The van der Waals surface area contributed by atoms with E-state index in [4.69, 9.17) is 5.73 Å². The molecule has 0 aliphatic heterocycles. The maximum atomic E-state index is 12.8. The second-order valence-electron chi connectivity index (χ2n) is 6.99. The van der Waals surface area contributed by atoms with E-state index in [9.17, 15) is 15.0 Å². The number of hydrazone groups is 1. The molecular formula is C19H25N9O4. The molecule has 0 fully saturated rings. The summed E-state index contributed by atoms with van der Waals surface area (Å²) in [6, 6.07) is 4.01. The molecule has 32 heavy (non-hydrogen) atoms. The summed E-state index contributed by atoms with van der Waals surface area (Å²) in [5.74, 6) is -0.726. The molecule has 13 nitrogen and oxygen atoms in total. The number of nitrogen functional groups attached to an aromatic ring is 1. The number of nitrogens with two attached hydrogens (primary N) is 1. The van der Waals surface area contributed by atoms with Crippen molar-refractivity contribution in [2.45, 2.75) is 33.2 Å². The zero-order chi connectivity index (χ0) is 23.1. The van der Waals surface area contributed by atoms with Crippen molar-refractivity contribution in [2.24, 2.45) is 5.10 Å². The molecular weight excluding hydrogens is 418 g/mol. The molecule has 0 saturated heterocycles. The van der Waals surface area contributed by atoms with Gasteiger partial charge in [-0.25, -0.2) is 10.1 Å². The van der Waals surface area contributed by atoms with Crippen LogP contribution >= 0.6 is 0 Å². The number of phenolic OH excluding ortho intramolecular Hbond substituents is 2. The standard InChI is InChI=1S/C19H25N9O4/c1-3-7-27(8-4-2)11-14-16(22-26-28(14)18-17(20)24-32-25-18)19(31)23-21-10-12-5-6-13(29)9-15(12)30/h5-6,9-10,29-30H,3-4,7-8,11H2,1-2H3,(H2,20,24)(H,23,31). The van der Waals surface area contributed by atoms with Gasteiger partial charge in [0.15, 0.2) is 5.69 Å². The van der Waals surface area contributed by atoms with Crippen molar-refractivity contribution in [2.75, 3.05) is 18.8 Å². The van der Waals surface area contributed by atoms with Gasteiger partial charge in [-0.2, -0.15) is 9.78 Å². The fourth-order valence-electron chi connectivity index (χ4n) is 3.10. The number of hydrogen-bond donors (Lipinski definition) is 4. The first-order valence-electron chi connectivity index (χ1n) is 10.0. The lowest BCUT2D eigenvalue weighted by atomic mass is 10.2. The summed E-state index contributed by atoms with van der Waals surface area (Å²) in [5.41, 5.74) is 8.98. The van der Waals surface area contributed by atoms with Crippen molar-refractivity contribution in [1.29, 1.82) is 0 Å². The fourth-order valence-corrected chi connectivity index (χ4v) is 3.10. The molecule has 2 heterocycles. The Morgan fingerprint density at radius 1 is 1.28 bits per heavy atom. The SMILES string of the molecule is CCCN(CCC)Cc1c(C(=O)NN=Cc2ccc(O)cc2O)nnn1-c1nonc1N. The second-order valence-corrected chi connectivity index (χ2v) is 6.99. The van der Waals surface area contributed by atoms with Crippen LogP contribution in [-0.2, 0) is 6.54 Å². The molecule has 0 saturated carbocycles. The number of hydrogen-bond acceptors (Lipinski definition) is 11. The first kappa shape index (κ1) is 22.7. The topological polar surface area (TPSA) is 181 Å². The summed E-state index contributed by atoms with van der Waals surface area (Å²) in [5, 5.41) is 38.4. The van der Waals surface area contributed by atoms with Crippen LogP contribution in [0.2, 0.25) is 0 Å². The van der Waals surface area contributed by atoms with E-state index in [0.717, 1.165) is 25.9 Å². The Morgan fingerprint density at radius 2 is 2.03 bits per heavy atom. The molecule has 0 aliphatic rings. The molecule has 3 aromatic rings. The number of nitrogens with zero attached hydrogens (tertiary/aromatic N) is 7. The Labute approximate surface area is 183 Å². The van der Waals surface area contributed by atoms with Crippen molar-refractivity contribution in [3.8, 4) is 17.3 Å². The van der Waals surface area contributed by atoms with Gasteiger partial charge in [0.1, 0.15) is 11.5 Å². The summed E-state index contributed by atoms with van der Waals surface area (Å²) in [7, 11) is 0. The second kappa shape index (κ2) is 10.3. The lowest BCUT2D eigenvalue weighted by Gasteiger charge is -2.21. The van der Waals surface area contributed by atoms with Crippen molar-refractivity contribution < 1.29 is 19.6 Å². The van der Waals surface area contributed by atoms with Gasteiger partial charge in [-0.15, -0.1) is 5.10 Å². The van der Waals surface area contributed by atoms with Crippen LogP contribution in [-0.4, -0.2) is 65.6 Å². The normalized spacial score (nSPS) is 11.5. The lowest BCUT2D eigenvalue weighted by Crippen LogP contribution is -2.28. The quantitative estimate of drug-likeness (QED) is 0.261. The van der Waals surface area contributed by atoms with Crippen LogP contribution in [0.25, 0.3) is 5.82 Å². The van der Waals surface area contributed by atoms with Gasteiger partial charge in [0.2, 0.25) is 11.6 Å². The average Bonchev–Trinajstić information content (AvgIpc) is 3.35. The number of anilines is 1. The summed E-state index contributed by atoms with van der Waals surface area (Å²) >= 11 is 0. The predicted octanol–water partition coefficient (Wildman–Crippen LogP) is 1.03. The maximum Gasteiger partial charge on any atom is 0.293 e. The number of carbonyl (C=O) groups is 1. The number of nitrogens with one attached hydrogen (secondary N) is 1. The number of amides is 1. The molecule has 3 rings (SSSR count). The molecule has 0 atom stereocenters. The maximum absolute atomic E-state index is 12.8. The molecule has 1 amide bonds. The minimum absolute atomic E-state index is 0.0152. The summed E-state index contributed by atoms with van der Waals surface area (Å²) in [4.78, 5) is 15.0. The van der Waals surface area contributed by atoms with Crippen LogP contribution in [0, 0.1) is 0 Å². The third-order valence-electron chi connectivity index (χ3n) is 4.51. The molecule has 0 aliphatic carbocycles.